The summed E-state index contributed by atoms with van der Waals surface area (Å²) in [7, 11) is 0. The predicted molar refractivity (Wildman–Crippen MR) is 186 cm³/mol. The molecule has 0 spiro atoms. The van der Waals surface area contributed by atoms with E-state index < -0.39 is 0 Å². The van der Waals surface area contributed by atoms with Crippen molar-refractivity contribution in [3.05, 3.63) is 96.5 Å². The van der Waals surface area contributed by atoms with Crippen molar-refractivity contribution in [1.29, 1.82) is 0 Å². The van der Waals surface area contributed by atoms with Gasteiger partial charge in [-0.15, -0.1) is 18.2 Å². The molecule has 4 aromatic carbocycles. The zero-order chi connectivity index (χ0) is 32.4. The van der Waals surface area contributed by atoms with Gasteiger partial charge in [0.2, 0.25) is 0 Å². The van der Waals surface area contributed by atoms with Crippen molar-refractivity contribution < 1.29 is 34.4 Å². The SMILES string of the molecule is CCC(C)(CC)C(=O)/C=C(\O)C(C)(CC)CC.Cc1ccc2c(c1)oc1c(-c3ncnc4c3ccc3ccccc34)[c-]ccc12.[Ir]. The van der Waals surface area contributed by atoms with Crippen LogP contribution < -0.4 is 0 Å². The average Bonchev–Trinajstić information content (AvgIpc) is 3.45. The molecule has 0 atom stereocenters. The van der Waals surface area contributed by atoms with Crippen LogP contribution in [-0.4, -0.2) is 20.9 Å². The Balaban J connectivity index is 0.000000234. The van der Waals surface area contributed by atoms with Gasteiger partial charge in [0.15, 0.2) is 5.78 Å². The number of benzene rings is 4. The Labute approximate surface area is 285 Å². The van der Waals surface area contributed by atoms with Gasteiger partial charge in [0.05, 0.1) is 11.1 Å². The van der Waals surface area contributed by atoms with Gasteiger partial charge in [0.1, 0.15) is 17.7 Å². The first kappa shape index (κ1) is 35.0. The summed E-state index contributed by atoms with van der Waals surface area (Å²) >= 11 is 0. The number of furan rings is 1. The van der Waals surface area contributed by atoms with Crippen LogP contribution in [0, 0.1) is 23.8 Å². The summed E-state index contributed by atoms with van der Waals surface area (Å²) in [6.07, 6.45) is 6.38. The van der Waals surface area contributed by atoms with Gasteiger partial charge in [0.25, 0.3) is 0 Å². The van der Waals surface area contributed by atoms with Crippen LogP contribution in [0.2, 0.25) is 0 Å². The average molecular weight is 792 g/mol. The molecule has 1 radical (unpaired) electrons. The molecule has 5 nitrogen and oxygen atoms in total. The van der Waals surface area contributed by atoms with Crippen LogP contribution in [0.3, 0.4) is 0 Å². The smallest absolute Gasteiger partial charge is 0.164 e. The summed E-state index contributed by atoms with van der Waals surface area (Å²) in [6.45, 7) is 14.2. The molecule has 0 aliphatic rings. The first-order chi connectivity index (χ1) is 21.6. The van der Waals surface area contributed by atoms with Gasteiger partial charge in [-0.3, -0.25) is 9.78 Å². The van der Waals surface area contributed by atoms with Gasteiger partial charge >= 0.3 is 0 Å². The number of rotatable bonds is 8. The second-order valence-electron chi connectivity index (χ2n) is 12.5. The molecule has 0 saturated carbocycles. The molecule has 6 rings (SSSR count). The molecule has 0 aliphatic heterocycles. The molecule has 0 fully saturated rings. The number of aromatic nitrogens is 2. The van der Waals surface area contributed by atoms with Crippen LogP contribution in [-0.2, 0) is 24.9 Å². The number of carbonyl (C=O) groups is 1. The van der Waals surface area contributed by atoms with Crippen LogP contribution in [0.25, 0.3) is 54.9 Å². The van der Waals surface area contributed by atoms with Gasteiger partial charge in [-0.05, 0) is 55.0 Å². The molecular formula is C40H43IrN2O3-. The van der Waals surface area contributed by atoms with Crippen LogP contribution in [0.4, 0.5) is 0 Å². The number of hydrogen-bond donors (Lipinski definition) is 1. The van der Waals surface area contributed by atoms with E-state index in [4.69, 9.17) is 4.42 Å². The summed E-state index contributed by atoms with van der Waals surface area (Å²) in [5.74, 6) is 0.286. The second-order valence-corrected chi connectivity index (χ2v) is 12.5. The molecule has 1 N–H and O–H groups in total. The van der Waals surface area contributed by atoms with E-state index in [1.54, 1.807) is 6.33 Å². The third-order valence-electron chi connectivity index (χ3n) is 9.96. The Morgan fingerprint density at radius 3 is 2.22 bits per heavy atom. The van der Waals surface area contributed by atoms with Gasteiger partial charge in [-0.2, -0.15) is 0 Å². The standard InChI is InChI=1S/C25H15N2O.C15H28O2.Ir/c1-15-9-11-18-19-7-4-8-21(25(19)28-22(18)13-15)24-20-12-10-16-5-2-3-6-17(16)23(20)26-14-27-24;1-7-14(5,8-2)12(16)11-13(17)15(6,9-3)10-4;/h2-7,9-14H,1H3;11,16H,7-10H2,1-6H3;/q-1;;/b;12-11-;. The number of allylic oxidation sites excluding steroid dienone is 2. The van der Waals surface area contributed by atoms with Crippen LogP contribution in [0.5, 0.6) is 0 Å². The summed E-state index contributed by atoms with van der Waals surface area (Å²) in [5, 5.41) is 15.6. The number of fused-ring (bicyclic) bond motifs is 6. The van der Waals surface area contributed by atoms with Crippen LogP contribution in [0.1, 0.15) is 72.8 Å². The fraction of sp³-hybridized carbons (Fsp3) is 0.325. The number of hydrogen-bond acceptors (Lipinski definition) is 5. The first-order valence-corrected chi connectivity index (χ1v) is 16.0. The van der Waals surface area contributed by atoms with E-state index in [0.29, 0.717) is 0 Å². The second kappa shape index (κ2) is 14.3. The maximum atomic E-state index is 12.2. The van der Waals surface area contributed by atoms with E-state index in [9.17, 15) is 9.90 Å². The fourth-order valence-electron chi connectivity index (χ4n) is 5.71. The molecule has 46 heavy (non-hydrogen) atoms. The zero-order valence-electron chi connectivity index (χ0n) is 27.8. The van der Waals surface area contributed by atoms with E-state index in [1.807, 2.05) is 59.7 Å². The quantitative estimate of drug-likeness (QED) is 0.0719. The summed E-state index contributed by atoms with van der Waals surface area (Å²) in [6, 6.07) is 26.2. The topological polar surface area (TPSA) is 76.2 Å². The molecule has 241 valence electrons. The summed E-state index contributed by atoms with van der Waals surface area (Å²) in [4.78, 5) is 21.4. The van der Waals surface area contributed by atoms with Gasteiger partial charge < -0.3 is 9.52 Å². The third-order valence-corrected chi connectivity index (χ3v) is 9.96. The van der Waals surface area contributed by atoms with Gasteiger partial charge in [-0.1, -0.05) is 101 Å². The maximum Gasteiger partial charge on any atom is 0.164 e. The number of carbonyl (C=O) groups excluding carboxylic acids is 1. The molecule has 0 aliphatic carbocycles. The number of aliphatic hydroxyl groups excluding tert-OH is 1. The van der Waals surface area contributed by atoms with E-state index in [0.717, 1.165) is 75.2 Å². The van der Waals surface area contributed by atoms with Crippen molar-refractivity contribution >= 4 is 49.4 Å². The number of ketones is 1. The van der Waals surface area contributed by atoms with Crippen LogP contribution in [0.15, 0.2) is 89.3 Å². The molecule has 6 aromatic rings. The van der Waals surface area contributed by atoms with Crippen molar-refractivity contribution in [1.82, 2.24) is 9.97 Å². The van der Waals surface area contributed by atoms with Crippen molar-refractivity contribution in [3.8, 4) is 11.3 Å². The molecule has 6 heteroatoms. The number of aryl methyl sites for hydroxylation is 1. The van der Waals surface area contributed by atoms with Crippen molar-refractivity contribution in [2.45, 2.75) is 74.1 Å². The van der Waals surface area contributed by atoms with E-state index in [1.165, 1.54) is 17.0 Å². The summed E-state index contributed by atoms with van der Waals surface area (Å²) in [5.41, 5.74) is 4.94. The Morgan fingerprint density at radius 2 is 1.52 bits per heavy atom. The molecule has 0 unspecified atom stereocenters. The zero-order valence-corrected chi connectivity index (χ0v) is 30.2. The molecule has 0 bridgehead atoms. The molecular weight excluding hydrogens is 749 g/mol. The normalized spacial score (nSPS) is 12.3. The maximum absolute atomic E-state index is 12.2. The monoisotopic (exact) mass is 792 g/mol. The van der Waals surface area contributed by atoms with Gasteiger partial charge in [-0.25, -0.2) is 4.98 Å². The van der Waals surface area contributed by atoms with Gasteiger partial charge in [0, 0.05) is 53.5 Å². The van der Waals surface area contributed by atoms with E-state index >= 15 is 0 Å². The Bertz CT molecular complexity index is 2030. The van der Waals surface area contributed by atoms with E-state index in [-0.39, 0.29) is 42.5 Å². The predicted octanol–water partition coefficient (Wildman–Crippen LogP) is 11.1. The van der Waals surface area contributed by atoms with Crippen LogP contribution >= 0.6 is 0 Å². The van der Waals surface area contributed by atoms with Crippen molar-refractivity contribution in [2.75, 3.05) is 0 Å². The van der Waals surface area contributed by atoms with E-state index in [2.05, 4.69) is 71.5 Å². The molecule has 2 aromatic heterocycles. The van der Waals surface area contributed by atoms with Crippen molar-refractivity contribution in [2.24, 2.45) is 10.8 Å². The third kappa shape index (κ3) is 6.52. The Morgan fingerprint density at radius 1 is 0.848 bits per heavy atom. The van der Waals surface area contributed by atoms with Crippen molar-refractivity contribution in [3.63, 3.8) is 0 Å². The minimum absolute atomic E-state index is 0. The molecule has 0 amide bonds. The Kier molecular flexibility index (Phi) is 10.9. The largest absolute Gasteiger partial charge is 0.512 e. The first-order valence-electron chi connectivity index (χ1n) is 16.0. The molecule has 2 heterocycles. The minimum atomic E-state index is -0.337. The fourth-order valence-corrected chi connectivity index (χ4v) is 5.71. The Hall–Kier alpha value is -3.86. The number of nitrogens with zero attached hydrogens (tertiary/aromatic N) is 2. The minimum Gasteiger partial charge on any atom is -0.512 e. The summed E-state index contributed by atoms with van der Waals surface area (Å²) < 4.78 is 6.26. The molecule has 0 saturated heterocycles. The number of aliphatic hydroxyl groups is 1.